The number of hydrogen-bond acceptors (Lipinski definition) is 3. The van der Waals surface area contributed by atoms with E-state index in [2.05, 4.69) is 33.0 Å². The highest BCUT2D eigenvalue weighted by Crippen LogP contribution is 2.25. The third-order valence-corrected chi connectivity index (χ3v) is 5.41. The fourth-order valence-corrected chi connectivity index (χ4v) is 3.28. The lowest BCUT2D eigenvalue weighted by molar-refractivity contribution is 0.230. The zero-order chi connectivity index (χ0) is 11.7. The topological polar surface area (TPSA) is 46.2 Å². The maximum atomic E-state index is 11.3. The van der Waals surface area contributed by atoms with Crippen molar-refractivity contribution in [3.8, 4) is 0 Å². The van der Waals surface area contributed by atoms with Crippen molar-refractivity contribution in [2.75, 3.05) is 18.1 Å². The highest BCUT2D eigenvalue weighted by molar-refractivity contribution is 7.91. The van der Waals surface area contributed by atoms with Crippen molar-refractivity contribution in [1.82, 2.24) is 5.32 Å². The van der Waals surface area contributed by atoms with Crippen molar-refractivity contribution in [1.29, 1.82) is 0 Å². The minimum Gasteiger partial charge on any atom is -0.312 e. The second-order valence-corrected chi connectivity index (χ2v) is 7.85. The lowest BCUT2D eigenvalue weighted by atomic mass is 9.81. The van der Waals surface area contributed by atoms with Crippen LogP contribution in [0.15, 0.2) is 0 Å². The van der Waals surface area contributed by atoms with Crippen LogP contribution in [0, 0.1) is 11.3 Å². The first kappa shape index (κ1) is 13.0. The minimum atomic E-state index is -2.75. The molecule has 0 aromatic heterocycles. The zero-order valence-electron chi connectivity index (χ0n) is 10.2. The van der Waals surface area contributed by atoms with Crippen LogP contribution in [0.2, 0.25) is 0 Å². The Morgan fingerprint density at radius 1 is 1.40 bits per heavy atom. The Balaban J connectivity index is 2.39. The Hall–Kier alpha value is -0.0900. The summed E-state index contributed by atoms with van der Waals surface area (Å²) in [7, 11) is -2.75. The quantitative estimate of drug-likeness (QED) is 0.799. The fourth-order valence-electron chi connectivity index (χ4n) is 1.57. The van der Waals surface area contributed by atoms with Gasteiger partial charge in [-0.1, -0.05) is 27.7 Å². The summed E-state index contributed by atoms with van der Waals surface area (Å²) in [4.78, 5) is 0. The van der Waals surface area contributed by atoms with Gasteiger partial charge in [-0.3, -0.25) is 0 Å². The first-order chi connectivity index (χ1) is 6.73. The van der Waals surface area contributed by atoms with Crippen LogP contribution < -0.4 is 5.32 Å². The van der Waals surface area contributed by atoms with Gasteiger partial charge in [0.2, 0.25) is 0 Å². The van der Waals surface area contributed by atoms with Gasteiger partial charge < -0.3 is 5.32 Å². The molecule has 0 aliphatic carbocycles. The molecule has 0 aromatic rings. The SMILES string of the molecule is CC(C)C(C)(C)CNC1CCS(=O)(=O)C1. The predicted molar refractivity (Wildman–Crippen MR) is 63.7 cm³/mol. The van der Waals surface area contributed by atoms with E-state index in [0.717, 1.165) is 13.0 Å². The van der Waals surface area contributed by atoms with E-state index in [9.17, 15) is 8.42 Å². The lowest BCUT2D eigenvalue weighted by Crippen LogP contribution is -2.39. The molecule has 0 bridgehead atoms. The van der Waals surface area contributed by atoms with Crippen molar-refractivity contribution in [3.05, 3.63) is 0 Å². The molecule has 1 N–H and O–H groups in total. The van der Waals surface area contributed by atoms with Crippen LogP contribution in [0.25, 0.3) is 0 Å². The number of sulfone groups is 1. The molecule has 1 rings (SSSR count). The zero-order valence-corrected chi connectivity index (χ0v) is 11.0. The maximum Gasteiger partial charge on any atom is 0.151 e. The van der Waals surface area contributed by atoms with Crippen molar-refractivity contribution >= 4 is 9.84 Å². The van der Waals surface area contributed by atoms with E-state index in [0.29, 0.717) is 17.4 Å². The summed E-state index contributed by atoms with van der Waals surface area (Å²) in [5, 5.41) is 3.38. The Kier molecular flexibility index (Phi) is 3.82. The van der Waals surface area contributed by atoms with Gasteiger partial charge in [0, 0.05) is 12.6 Å². The van der Waals surface area contributed by atoms with Gasteiger partial charge in [0.15, 0.2) is 9.84 Å². The third-order valence-electron chi connectivity index (χ3n) is 3.64. The van der Waals surface area contributed by atoms with Crippen LogP contribution in [-0.2, 0) is 9.84 Å². The highest BCUT2D eigenvalue weighted by Gasteiger charge is 2.30. The van der Waals surface area contributed by atoms with Gasteiger partial charge >= 0.3 is 0 Å². The molecule has 0 amide bonds. The molecule has 4 heteroatoms. The smallest absolute Gasteiger partial charge is 0.151 e. The van der Waals surface area contributed by atoms with Gasteiger partial charge in [0.05, 0.1) is 11.5 Å². The molecule has 15 heavy (non-hydrogen) atoms. The summed E-state index contributed by atoms with van der Waals surface area (Å²) in [6.45, 7) is 9.73. The van der Waals surface area contributed by atoms with Crippen LogP contribution in [-0.4, -0.2) is 32.5 Å². The molecular formula is C11H23NO2S. The highest BCUT2D eigenvalue weighted by atomic mass is 32.2. The Bertz CT molecular complexity index is 307. The van der Waals surface area contributed by atoms with E-state index >= 15 is 0 Å². The molecule has 1 aliphatic rings. The number of hydrogen-bond donors (Lipinski definition) is 1. The summed E-state index contributed by atoms with van der Waals surface area (Å²) in [5.74, 6) is 1.27. The van der Waals surface area contributed by atoms with E-state index in [1.54, 1.807) is 0 Å². The fraction of sp³-hybridized carbons (Fsp3) is 1.00. The largest absolute Gasteiger partial charge is 0.312 e. The number of nitrogens with one attached hydrogen (secondary N) is 1. The minimum absolute atomic E-state index is 0.174. The molecule has 1 fully saturated rings. The van der Waals surface area contributed by atoms with E-state index < -0.39 is 9.84 Å². The van der Waals surface area contributed by atoms with Crippen LogP contribution in [0.5, 0.6) is 0 Å². The molecule has 1 heterocycles. The van der Waals surface area contributed by atoms with E-state index in [4.69, 9.17) is 0 Å². The first-order valence-corrected chi connectivity index (χ1v) is 7.49. The molecule has 0 aromatic carbocycles. The molecular weight excluding hydrogens is 210 g/mol. The number of rotatable bonds is 4. The van der Waals surface area contributed by atoms with Gasteiger partial charge in [0.1, 0.15) is 0 Å². The molecule has 0 saturated carbocycles. The predicted octanol–water partition coefficient (Wildman–Crippen LogP) is 1.45. The van der Waals surface area contributed by atoms with Crippen LogP contribution in [0.1, 0.15) is 34.1 Å². The average molecular weight is 233 g/mol. The standard InChI is InChI=1S/C11H23NO2S/c1-9(2)11(3,4)8-12-10-5-6-15(13,14)7-10/h9-10,12H,5-8H2,1-4H3. The van der Waals surface area contributed by atoms with E-state index in [1.807, 2.05) is 0 Å². The van der Waals surface area contributed by atoms with Crippen molar-refractivity contribution in [2.24, 2.45) is 11.3 Å². The summed E-state index contributed by atoms with van der Waals surface area (Å²) >= 11 is 0. The summed E-state index contributed by atoms with van der Waals surface area (Å²) in [5.41, 5.74) is 0.229. The molecule has 3 nitrogen and oxygen atoms in total. The summed E-state index contributed by atoms with van der Waals surface area (Å²) < 4.78 is 22.5. The van der Waals surface area contributed by atoms with Gasteiger partial charge in [-0.2, -0.15) is 0 Å². The van der Waals surface area contributed by atoms with Crippen LogP contribution in [0.4, 0.5) is 0 Å². The van der Waals surface area contributed by atoms with Gasteiger partial charge in [-0.15, -0.1) is 0 Å². The van der Waals surface area contributed by atoms with Crippen molar-refractivity contribution < 1.29 is 8.42 Å². The molecule has 1 saturated heterocycles. The second-order valence-electron chi connectivity index (χ2n) is 5.62. The Morgan fingerprint density at radius 2 is 2.00 bits per heavy atom. The summed E-state index contributed by atoms with van der Waals surface area (Å²) in [6, 6.07) is 0.174. The van der Waals surface area contributed by atoms with Crippen LogP contribution in [0.3, 0.4) is 0 Å². The average Bonchev–Trinajstić information content (AvgIpc) is 2.42. The van der Waals surface area contributed by atoms with Gasteiger partial charge in [-0.05, 0) is 17.8 Å². The normalized spacial score (nSPS) is 26.1. The van der Waals surface area contributed by atoms with Gasteiger partial charge in [-0.25, -0.2) is 8.42 Å². The molecule has 0 radical (unpaired) electrons. The van der Waals surface area contributed by atoms with Gasteiger partial charge in [0.25, 0.3) is 0 Å². The molecule has 90 valence electrons. The molecule has 1 unspecified atom stereocenters. The second kappa shape index (κ2) is 4.42. The molecule has 1 aliphatic heterocycles. The summed E-state index contributed by atoms with van der Waals surface area (Å²) in [6.07, 6.45) is 0.774. The monoisotopic (exact) mass is 233 g/mol. The molecule has 0 spiro atoms. The Morgan fingerprint density at radius 3 is 2.40 bits per heavy atom. The van der Waals surface area contributed by atoms with E-state index in [-0.39, 0.29) is 11.5 Å². The first-order valence-electron chi connectivity index (χ1n) is 5.67. The van der Waals surface area contributed by atoms with Crippen LogP contribution >= 0.6 is 0 Å². The van der Waals surface area contributed by atoms with E-state index in [1.165, 1.54) is 0 Å². The van der Waals surface area contributed by atoms with Crippen molar-refractivity contribution in [3.63, 3.8) is 0 Å². The Labute approximate surface area is 93.6 Å². The third kappa shape index (κ3) is 3.76. The lowest BCUT2D eigenvalue weighted by Gasteiger charge is -2.30. The van der Waals surface area contributed by atoms with Crippen molar-refractivity contribution in [2.45, 2.75) is 40.2 Å². The molecule has 1 atom stereocenters. The maximum absolute atomic E-state index is 11.3.